The van der Waals surface area contributed by atoms with Gasteiger partial charge in [0.2, 0.25) is 0 Å². The standard InChI is InChI=1S/C11H22N4O/c1-4-5-6-10(8-16-3)12-7-11-13-9-15(2)14-11/h9-10,12H,4-8H2,1-3H3. The molecule has 1 aromatic heterocycles. The molecule has 0 radical (unpaired) electrons. The van der Waals surface area contributed by atoms with Crippen LogP contribution in [0.1, 0.15) is 32.0 Å². The van der Waals surface area contributed by atoms with Crippen molar-refractivity contribution in [2.24, 2.45) is 7.05 Å². The molecule has 16 heavy (non-hydrogen) atoms. The van der Waals surface area contributed by atoms with Crippen LogP contribution < -0.4 is 5.32 Å². The Bertz CT molecular complexity index is 287. The molecule has 0 fully saturated rings. The van der Waals surface area contributed by atoms with Crippen molar-refractivity contribution in [3.63, 3.8) is 0 Å². The molecule has 92 valence electrons. The van der Waals surface area contributed by atoms with Gasteiger partial charge in [0.15, 0.2) is 5.82 Å². The van der Waals surface area contributed by atoms with Crippen molar-refractivity contribution in [3.05, 3.63) is 12.2 Å². The van der Waals surface area contributed by atoms with Crippen LogP contribution in [0.2, 0.25) is 0 Å². The number of nitrogens with one attached hydrogen (secondary N) is 1. The van der Waals surface area contributed by atoms with E-state index < -0.39 is 0 Å². The molecule has 1 aromatic rings. The van der Waals surface area contributed by atoms with E-state index in [1.165, 1.54) is 12.8 Å². The quantitative estimate of drug-likeness (QED) is 0.721. The molecule has 1 heterocycles. The summed E-state index contributed by atoms with van der Waals surface area (Å²) in [5, 5.41) is 7.65. The van der Waals surface area contributed by atoms with E-state index in [1.54, 1.807) is 18.1 Å². The van der Waals surface area contributed by atoms with Crippen LogP contribution >= 0.6 is 0 Å². The number of nitrogens with zero attached hydrogens (tertiary/aromatic N) is 3. The first-order valence-electron chi connectivity index (χ1n) is 5.83. The minimum Gasteiger partial charge on any atom is -0.383 e. The first-order valence-corrected chi connectivity index (χ1v) is 5.83. The van der Waals surface area contributed by atoms with Crippen molar-refractivity contribution >= 4 is 0 Å². The van der Waals surface area contributed by atoms with Crippen LogP contribution in [0.15, 0.2) is 6.33 Å². The van der Waals surface area contributed by atoms with Crippen molar-refractivity contribution in [2.75, 3.05) is 13.7 Å². The number of hydrogen-bond acceptors (Lipinski definition) is 4. The summed E-state index contributed by atoms with van der Waals surface area (Å²) in [5.74, 6) is 0.833. The Balaban J connectivity index is 2.30. The third kappa shape index (κ3) is 4.72. The first kappa shape index (κ1) is 13.1. The van der Waals surface area contributed by atoms with Gasteiger partial charge in [-0.3, -0.25) is 4.68 Å². The van der Waals surface area contributed by atoms with Gasteiger partial charge in [-0.2, -0.15) is 5.10 Å². The highest BCUT2D eigenvalue weighted by Gasteiger charge is 2.08. The molecule has 0 saturated heterocycles. The minimum atomic E-state index is 0.397. The van der Waals surface area contributed by atoms with Crippen LogP contribution in [0.3, 0.4) is 0 Å². The monoisotopic (exact) mass is 226 g/mol. The van der Waals surface area contributed by atoms with Gasteiger partial charge in [0, 0.05) is 20.2 Å². The molecule has 0 spiro atoms. The van der Waals surface area contributed by atoms with Crippen LogP contribution in [0.5, 0.6) is 0 Å². The van der Waals surface area contributed by atoms with Crippen LogP contribution in [0.4, 0.5) is 0 Å². The molecule has 0 aliphatic heterocycles. The van der Waals surface area contributed by atoms with Gasteiger partial charge in [0.1, 0.15) is 6.33 Å². The summed E-state index contributed by atoms with van der Waals surface area (Å²) in [5.41, 5.74) is 0. The maximum Gasteiger partial charge on any atom is 0.164 e. The number of aromatic nitrogens is 3. The number of hydrogen-bond donors (Lipinski definition) is 1. The molecule has 0 amide bonds. The Morgan fingerprint density at radius 3 is 2.94 bits per heavy atom. The van der Waals surface area contributed by atoms with Crippen molar-refractivity contribution in [2.45, 2.75) is 38.8 Å². The van der Waals surface area contributed by atoms with Gasteiger partial charge >= 0.3 is 0 Å². The zero-order valence-corrected chi connectivity index (χ0v) is 10.4. The summed E-state index contributed by atoms with van der Waals surface area (Å²) in [4.78, 5) is 4.18. The summed E-state index contributed by atoms with van der Waals surface area (Å²) in [6.45, 7) is 3.65. The van der Waals surface area contributed by atoms with Gasteiger partial charge in [-0.05, 0) is 6.42 Å². The third-order valence-corrected chi connectivity index (χ3v) is 2.47. The van der Waals surface area contributed by atoms with E-state index in [2.05, 4.69) is 22.3 Å². The van der Waals surface area contributed by atoms with Gasteiger partial charge in [0.05, 0.1) is 13.2 Å². The summed E-state index contributed by atoms with van der Waals surface area (Å²) >= 11 is 0. The SMILES string of the molecule is CCCCC(COC)NCc1ncn(C)n1. The summed E-state index contributed by atoms with van der Waals surface area (Å²) < 4.78 is 6.90. The maximum atomic E-state index is 5.19. The molecule has 0 aliphatic rings. The van der Waals surface area contributed by atoms with Crippen LogP contribution in [0.25, 0.3) is 0 Å². The van der Waals surface area contributed by atoms with E-state index in [4.69, 9.17) is 4.74 Å². The molecule has 0 aliphatic carbocycles. The van der Waals surface area contributed by atoms with E-state index >= 15 is 0 Å². The van der Waals surface area contributed by atoms with Gasteiger partial charge in [-0.1, -0.05) is 19.8 Å². The number of unbranched alkanes of at least 4 members (excludes halogenated alkanes) is 1. The van der Waals surface area contributed by atoms with Gasteiger partial charge < -0.3 is 10.1 Å². The van der Waals surface area contributed by atoms with Crippen molar-refractivity contribution in [3.8, 4) is 0 Å². The fourth-order valence-corrected chi connectivity index (χ4v) is 1.60. The highest BCUT2D eigenvalue weighted by Crippen LogP contribution is 2.02. The highest BCUT2D eigenvalue weighted by molar-refractivity contribution is 4.81. The average Bonchev–Trinajstić information content (AvgIpc) is 2.68. The van der Waals surface area contributed by atoms with E-state index in [-0.39, 0.29) is 0 Å². The lowest BCUT2D eigenvalue weighted by atomic mass is 10.1. The number of aryl methyl sites for hydroxylation is 1. The Hall–Kier alpha value is -0.940. The Labute approximate surface area is 97.2 Å². The molecule has 5 nitrogen and oxygen atoms in total. The van der Waals surface area contributed by atoms with E-state index in [9.17, 15) is 0 Å². The summed E-state index contributed by atoms with van der Waals surface area (Å²) in [7, 11) is 3.61. The summed E-state index contributed by atoms with van der Waals surface area (Å²) in [6.07, 6.45) is 5.28. The van der Waals surface area contributed by atoms with Gasteiger partial charge in [-0.15, -0.1) is 0 Å². The molecular formula is C11H22N4O. The smallest absolute Gasteiger partial charge is 0.164 e. The molecular weight excluding hydrogens is 204 g/mol. The predicted molar refractivity (Wildman–Crippen MR) is 63.0 cm³/mol. The Kier molecular flexibility index (Phi) is 6.03. The molecule has 0 aromatic carbocycles. The van der Waals surface area contributed by atoms with Crippen LogP contribution in [-0.2, 0) is 18.3 Å². The van der Waals surface area contributed by atoms with Gasteiger partial charge in [0.25, 0.3) is 0 Å². The zero-order chi connectivity index (χ0) is 11.8. The number of ether oxygens (including phenoxy) is 1. The van der Waals surface area contributed by atoms with Crippen molar-refractivity contribution in [1.29, 1.82) is 0 Å². The zero-order valence-electron chi connectivity index (χ0n) is 10.4. The maximum absolute atomic E-state index is 5.19. The summed E-state index contributed by atoms with van der Waals surface area (Å²) in [6, 6.07) is 0.397. The fourth-order valence-electron chi connectivity index (χ4n) is 1.60. The second-order valence-corrected chi connectivity index (χ2v) is 4.01. The first-order chi connectivity index (χ1) is 7.76. The molecule has 5 heteroatoms. The normalized spacial score (nSPS) is 12.9. The minimum absolute atomic E-state index is 0.397. The largest absolute Gasteiger partial charge is 0.383 e. The topological polar surface area (TPSA) is 52.0 Å². The molecule has 1 atom stereocenters. The number of methoxy groups -OCH3 is 1. The second-order valence-electron chi connectivity index (χ2n) is 4.01. The van der Waals surface area contributed by atoms with Crippen LogP contribution in [-0.4, -0.2) is 34.5 Å². The fraction of sp³-hybridized carbons (Fsp3) is 0.818. The molecule has 1 rings (SSSR count). The lowest BCUT2D eigenvalue weighted by Crippen LogP contribution is -2.33. The van der Waals surface area contributed by atoms with Crippen molar-refractivity contribution < 1.29 is 4.74 Å². The second kappa shape index (κ2) is 7.35. The molecule has 1 N–H and O–H groups in total. The van der Waals surface area contributed by atoms with E-state index in [0.717, 1.165) is 18.9 Å². The lowest BCUT2D eigenvalue weighted by Gasteiger charge is -2.16. The molecule has 1 unspecified atom stereocenters. The third-order valence-electron chi connectivity index (χ3n) is 2.47. The van der Waals surface area contributed by atoms with Gasteiger partial charge in [-0.25, -0.2) is 4.98 Å². The highest BCUT2D eigenvalue weighted by atomic mass is 16.5. The molecule has 0 saturated carbocycles. The van der Waals surface area contributed by atoms with E-state index in [1.807, 2.05) is 7.05 Å². The van der Waals surface area contributed by atoms with Crippen molar-refractivity contribution in [1.82, 2.24) is 20.1 Å². The Morgan fingerprint density at radius 2 is 2.38 bits per heavy atom. The van der Waals surface area contributed by atoms with E-state index in [0.29, 0.717) is 12.6 Å². The predicted octanol–water partition coefficient (Wildman–Crippen LogP) is 1.11. The number of rotatable bonds is 8. The average molecular weight is 226 g/mol. The Morgan fingerprint density at radius 1 is 1.56 bits per heavy atom. The lowest BCUT2D eigenvalue weighted by molar-refractivity contribution is 0.160. The van der Waals surface area contributed by atoms with Crippen LogP contribution in [0, 0.1) is 0 Å². The molecule has 0 bridgehead atoms.